The van der Waals surface area contributed by atoms with E-state index in [1.54, 1.807) is 12.1 Å². The fourth-order valence-electron chi connectivity index (χ4n) is 3.15. The maximum Gasteiger partial charge on any atom is 0.185 e. The van der Waals surface area contributed by atoms with E-state index in [9.17, 15) is 9.90 Å². The second-order valence-corrected chi connectivity index (χ2v) is 6.33. The second-order valence-electron chi connectivity index (χ2n) is 6.33. The van der Waals surface area contributed by atoms with Crippen LogP contribution in [0.2, 0.25) is 0 Å². The van der Waals surface area contributed by atoms with Crippen LogP contribution in [0.25, 0.3) is 6.08 Å². The molecule has 2 rings (SSSR count). The molecule has 0 heterocycles. The van der Waals surface area contributed by atoms with Crippen molar-refractivity contribution >= 4 is 23.2 Å². The molecule has 4 nitrogen and oxygen atoms in total. The zero-order chi connectivity index (χ0) is 19.8. The van der Waals surface area contributed by atoms with Crippen molar-refractivity contribution in [3.05, 3.63) is 59.7 Å². The zero-order valence-electron chi connectivity index (χ0n) is 16.8. The third-order valence-electron chi connectivity index (χ3n) is 4.84. The van der Waals surface area contributed by atoms with Gasteiger partial charge in [-0.1, -0.05) is 0 Å². The highest BCUT2D eigenvalue weighted by Gasteiger charge is 2.07. The van der Waals surface area contributed by atoms with Crippen LogP contribution in [0.4, 0.5) is 11.4 Å². The molecule has 0 saturated carbocycles. The maximum atomic E-state index is 12.4. The zero-order valence-corrected chi connectivity index (χ0v) is 16.8. The number of carbonyl (C=O) groups is 1. The number of nitrogens with zero attached hydrogens (tertiary/aromatic N) is 2. The Morgan fingerprint density at radius 2 is 1.37 bits per heavy atom. The van der Waals surface area contributed by atoms with Gasteiger partial charge in [-0.2, -0.15) is 0 Å². The van der Waals surface area contributed by atoms with Gasteiger partial charge in [0.2, 0.25) is 0 Å². The third kappa shape index (κ3) is 5.13. The van der Waals surface area contributed by atoms with Crippen LogP contribution >= 0.6 is 0 Å². The Morgan fingerprint density at radius 3 is 1.89 bits per heavy atom. The molecular formula is C23H30N2O2. The monoisotopic (exact) mass is 366 g/mol. The molecule has 144 valence electrons. The van der Waals surface area contributed by atoms with Gasteiger partial charge in [-0.15, -0.1) is 0 Å². The van der Waals surface area contributed by atoms with E-state index in [1.807, 2.05) is 36.4 Å². The minimum absolute atomic E-state index is 0.0756. The largest absolute Gasteiger partial charge is 0.507 e. The Hall–Kier alpha value is -2.75. The van der Waals surface area contributed by atoms with Gasteiger partial charge >= 0.3 is 0 Å². The molecule has 27 heavy (non-hydrogen) atoms. The Bertz CT molecular complexity index is 773. The number of carbonyl (C=O) groups excluding carboxylic acids is 1. The van der Waals surface area contributed by atoms with Crippen LogP contribution in [0.1, 0.15) is 43.6 Å². The number of phenolic OH excluding ortho intramolecular Hbond substituents is 1. The Balaban J connectivity index is 2.12. The molecule has 0 aliphatic rings. The number of rotatable bonds is 9. The van der Waals surface area contributed by atoms with Crippen LogP contribution in [-0.4, -0.2) is 37.1 Å². The smallest absolute Gasteiger partial charge is 0.185 e. The Morgan fingerprint density at radius 1 is 0.852 bits per heavy atom. The number of benzene rings is 2. The first-order valence-corrected chi connectivity index (χ1v) is 9.69. The fourth-order valence-corrected chi connectivity index (χ4v) is 3.15. The van der Waals surface area contributed by atoms with E-state index in [2.05, 4.69) is 37.5 Å². The summed E-state index contributed by atoms with van der Waals surface area (Å²) in [5, 5.41) is 10.3. The molecule has 2 aromatic rings. The molecule has 1 N–H and O–H groups in total. The van der Waals surface area contributed by atoms with Crippen molar-refractivity contribution in [3.8, 4) is 5.75 Å². The predicted octanol–water partition coefficient (Wildman–Crippen LogP) is 4.98. The molecule has 0 aliphatic carbocycles. The lowest BCUT2D eigenvalue weighted by Crippen LogP contribution is -2.21. The summed E-state index contributed by atoms with van der Waals surface area (Å²) in [6, 6.07) is 13.2. The quantitative estimate of drug-likeness (QED) is 0.502. The summed E-state index contributed by atoms with van der Waals surface area (Å²) in [7, 11) is 0. The molecule has 0 atom stereocenters. The van der Waals surface area contributed by atoms with Crippen molar-refractivity contribution in [2.24, 2.45) is 0 Å². The number of phenols is 1. The second kappa shape index (κ2) is 9.81. The molecule has 0 saturated heterocycles. The molecule has 0 aliphatic heterocycles. The standard InChI is InChI=1S/C23H30N2O2/c1-5-24(6-2)20-13-9-18(10-14-20)22(26)16-12-19-11-15-21(17-23(19)27)25(7-3)8-4/h9-17,27H,5-8H2,1-4H3/b16-12-. The highest BCUT2D eigenvalue weighted by molar-refractivity contribution is 6.07. The lowest BCUT2D eigenvalue weighted by Gasteiger charge is -2.21. The van der Waals surface area contributed by atoms with E-state index in [4.69, 9.17) is 0 Å². The predicted molar refractivity (Wildman–Crippen MR) is 115 cm³/mol. The maximum absolute atomic E-state index is 12.4. The SMILES string of the molecule is CCN(CC)c1ccc(C(=O)/C=C\c2ccc(N(CC)CC)cc2O)cc1. The number of hydrogen-bond acceptors (Lipinski definition) is 4. The number of anilines is 2. The lowest BCUT2D eigenvalue weighted by molar-refractivity contribution is 0.104. The summed E-state index contributed by atoms with van der Waals surface area (Å²) in [4.78, 5) is 16.8. The topological polar surface area (TPSA) is 43.8 Å². The van der Waals surface area contributed by atoms with Crippen molar-refractivity contribution in [2.75, 3.05) is 36.0 Å². The highest BCUT2D eigenvalue weighted by Crippen LogP contribution is 2.26. The molecule has 0 spiro atoms. The van der Waals surface area contributed by atoms with Crippen molar-refractivity contribution in [3.63, 3.8) is 0 Å². The van der Waals surface area contributed by atoms with Crippen LogP contribution in [0.15, 0.2) is 48.5 Å². The van der Waals surface area contributed by atoms with Gasteiger partial charge in [-0.3, -0.25) is 4.79 Å². The van der Waals surface area contributed by atoms with Gasteiger partial charge in [0.15, 0.2) is 5.78 Å². The van der Waals surface area contributed by atoms with E-state index in [0.717, 1.165) is 37.6 Å². The number of hydrogen-bond donors (Lipinski definition) is 1. The van der Waals surface area contributed by atoms with E-state index in [-0.39, 0.29) is 11.5 Å². The molecule has 0 radical (unpaired) electrons. The van der Waals surface area contributed by atoms with Crippen LogP contribution in [0, 0.1) is 0 Å². The molecule has 0 bridgehead atoms. The summed E-state index contributed by atoms with van der Waals surface area (Å²) >= 11 is 0. The molecule has 4 heteroatoms. The lowest BCUT2D eigenvalue weighted by atomic mass is 10.1. The van der Waals surface area contributed by atoms with Crippen molar-refractivity contribution in [1.29, 1.82) is 0 Å². The summed E-state index contributed by atoms with van der Waals surface area (Å²) < 4.78 is 0. The van der Waals surface area contributed by atoms with Crippen molar-refractivity contribution in [2.45, 2.75) is 27.7 Å². The molecule has 2 aromatic carbocycles. The van der Waals surface area contributed by atoms with Crippen LogP contribution < -0.4 is 9.80 Å². The average Bonchev–Trinajstić information content (AvgIpc) is 2.69. The summed E-state index contributed by atoms with van der Waals surface area (Å²) in [5.74, 6) is 0.105. The number of aromatic hydroxyl groups is 1. The van der Waals surface area contributed by atoms with Gasteiger partial charge < -0.3 is 14.9 Å². The Kier molecular flexibility index (Phi) is 7.47. The summed E-state index contributed by atoms with van der Waals surface area (Å²) in [6.07, 6.45) is 3.18. The van der Waals surface area contributed by atoms with E-state index in [1.165, 1.54) is 6.08 Å². The third-order valence-corrected chi connectivity index (χ3v) is 4.84. The molecule has 0 unspecified atom stereocenters. The Labute approximate surface area is 162 Å². The average molecular weight is 367 g/mol. The highest BCUT2D eigenvalue weighted by atomic mass is 16.3. The first kappa shape index (κ1) is 20.6. The molecule has 0 amide bonds. The molecule has 0 fully saturated rings. The first-order chi connectivity index (χ1) is 13.0. The molecular weight excluding hydrogens is 336 g/mol. The minimum Gasteiger partial charge on any atom is -0.507 e. The minimum atomic E-state index is -0.0756. The number of ketones is 1. The van der Waals surface area contributed by atoms with Crippen LogP contribution in [0.3, 0.4) is 0 Å². The van der Waals surface area contributed by atoms with E-state index < -0.39 is 0 Å². The van der Waals surface area contributed by atoms with Crippen LogP contribution in [0.5, 0.6) is 5.75 Å². The van der Waals surface area contributed by atoms with Gasteiger partial charge in [0.25, 0.3) is 0 Å². The van der Waals surface area contributed by atoms with E-state index in [0.29, 0.717) is 11.1 Å². The van der Waals surface area contributed by atoms with Crippen LogP contribution in [-0.2, 0) is 0 Å². The van der Waals surface area contributed by atoms with Gasteiger partial charge in [0, 0.05) is 54.7 Å². The summed E-state index contributed by atoms with van der Waals surface area (Å²) in [5.41, 5.74) is 3.37. The van der Waals surface area contributed by atoms with Crippen molar-refractivity contribution < 1.29 is 9.90 Å². The van der Waals surface area contributed by atoms with Gasteiger partial charge in [0.1, 0.15) is 5.75 Å². The van der Waals surface area contributed by atoms with Gasteiger partial charge in [-0.25, -0.2) is 0 Å². The van der Waals surface area contributed by atoms with Crippen molar-refractivity contribution in [1.82, 2.24) is 0 Å². The van der Waals surface area contributed by atoms with Gasteiger partial charge in [0.05, 0.1) is 0 Å². The molecule has 0 aromatic heterocycles. The fraction of sp³-hybridized carbons (Fsp3) is 0.348. The van der Waals surface area contributed by atoms with Gasteiger partial charge in [-0.05, 0) is 76.2 Å². The number of allylic oxidation sites excluding steroid dienone is 1. The summed E-state index contributed by atoms with van der Waals surface area (Å²) in [6.45, 7) is 12.0. The normalized spacial score (nSPS) is 11.0. The van der Waals surface area contributed by atoms with E-state index >= 15 is 0 Å². The first-order valence-electron chi connectivity index (χ1n) is 9.69.